The van der Waals surface area contributed by atoms with E-state index in [4.69, 9.17) is 23.2 Å². The van der Waals surface area contributed by atoms with E-state index in [1.54, 1.807) is 6.07 Å². The average molecular weight is 320 g/mol. The van der Waals surface area contributed by atoms with Crippen molar-refractivity contribution in [3.8, 4) is 11.3 Å². The van der Waals surface area contributed by atoms with Crippen molar-refractivity contribution in [3.63, 3.8) is 0 Å². The Bertz CT molecular complexity index is 549. The van der Waals surface area contributed by atoms with E-state index in [-0.39, 0.29) is 0 Å². The second-order valence-electron chi connectivity index (χ2n) is 3.50. The molecule has 2 rings (SSSR count). The van der Waals surface area contributed by atoms with Crippen LogP contribution in [0.5, 0.6) is 0 Å². The molecule has 5 heteroatoms. The molecule has 0 saturated carbocycles. The minimum atomic E-state index is 0.536. The smallest absolute Gasteiger partial charge is 0.107 e. The van der Waals surface area contributed by atoms with E-state index in [2.05, 4.69) is 21.0 Å². The predicted molar refractivity (Wildman–Crippen MR) is 71.1 cm³/mol. The molecule has 0 fully saturated rings. The summed E-state index contributed by atoms with van der Waals surface area (Å²) in [4.78, 5) is 0. The van der Waals surface area contributed by atoms with Crippen molar-refractivity contribution in [1.29, 1.82) is 0 Å². The van der Waals surface area contributed by atoms with Crippen molar-refractivity contribution >= 4 is 39.1 Å². The molecule has 0 bridgehead atoms. The van der Waals surface area contributed by atoms with Crippen LogP contribution in [0.15, 0.2) is 22.7 Å². The third-order valence-corrected chi connectivity index (χ3v) is 4.14. The minimum Gasteiger partial charge on any atom is -0.271 e. The Balaban J connectivity index is 2.59. The molecule has 0 aliphatic rings. The number of hydrogen-bond donors (Lipinski definition) is 0. The number of aromatic nitrogens is 2. The number of nitrogens with zero attached hydrogens (tertiary/aromatic N) is 2. The summed E-state index contributed by atoms with van der Waals surface area (Å²) in [5.74, 6) is 0. The first kappa shape index (κ1) is 12.0. The van der Waals surface area contributed by atoms with Crippen LogP contribution in [0.3, 0.4) is 0 Å². The van der Waals surface area contributed by atoms with Crippen LogP contribution in [-0.4, -0.2) is 9.78 Å². The highest BCUT2D eigenvalue weighted by molar-refractivity contribution is 9.10. The predicted octanol–water partition coefficient (Wildman–Crippen LogP) is 4.46. The summed E-state index contributed by atoms with van der Waals surface area (Å²) in [6.07, 6.45) is 0. The summed E-state index contributed by atoms with van der Waals surface area (Å²) in [5, 5.41) is 5.51. The topological polar surface area (TPSA) is 17.8 Å². The van der Waals surface area contributed by atoms with Crippen molar-refractivity contribution < 1.29 is 0 Å². The molecule has 0 aliphatic carbocycles. The third kappa shape index (κ3) is 1.99. The maximum atomic E-state index is 5.98. The van der Waals surface area contributed by atoms with Crippen molar-refractivity contribution in [1.82, 2.24) is 9.78 Å². The zero-order chi connectivity index (χ0) is 11.9. The number of aryl methyl sites for hydroxylation is 1. The standard InChI is InChI=1S/C11H9BrCl2N2/c1-6-10(12)11(15-16(6)2)7-3-4-8(13)9(14)5-7/h3-5H,1-2H3. The first-order chi connectivity index (χ1) is 7.50. The van der Waals surface area contributed by atoms with Gasteiger partial charge in [-0.15, -0.1) is 0 Å². The lowest BCUT2D eigenvalue weighted by molar-refractivity contribution is 0.742. The highest BCUT2D eigenvalue weighted by Crippen LogP contribution is 2.33. The van der Waals surface area contributed by atoms with Gasteiger partial charge >= 0.3 is 0 Å². The summed E-state index contributed by atoms with van der Waals surface area (Å²) in [6.45, 7) is 2.00. The fourth-order valence-electron chi connectivity index (χ4n) is 1.41. The molecule has 1 aromatic heterocycles. The van der Waals surface area contributed by atoms with Gasteiger partial charge in [-0.25, -0.2) is 0 Å². The molecule has 1 heterocycles. The number of rotatable bonds is 1. The number of halogens is 3. The molecule has 84 valence electrons. The van der Waals surface area contributed by atoms with Gasteiger partial charge < -0.3 is 0 Å². The second kappa shape index (κ2) is 4.40. The largest absolute Gasteiger partial charge is 0.271 e. The van der Waals surface area contributed by atoms with E-state index in [0.717, 1.165) is 21.4 Å². The Kier molecular flexibility index (Phi) is 3.29. The van der Waals surface area contributed by atoms with Crippen molar-refractivity contribution in [3.05, 3.63) is 38.4 Å². The van der Waals surface area contributed by atoms with Crippen LogP contribution in [-0.2, 0) is 7.05 Å². The number of hydrogen-bond acceptors (Lipinski definition) is 1. The van der Waals surface area contributed by atoms with Crippen molar-refractivity contribution in [2.75, 3.05) is 0 Å². The summed E-state index contributed by atoms with van der Waals surface area (Å²) < 4.78 is 2.80. The van der Waals surface area contributed by atoms with Crippen LogP contribution in [0.4, 0.5) is 0 Å². The van der Waals surface area contributed by atoms with Gasteiger partial charge in [-0.05, 0) is 35.0 Å². The van der Waals surface area contributed by atoms with Gasteiger partial charge in [0.15, 0.2) is 0 Å². The highest BCUT2D eigenvalue weighted by Gasteiger charge is 2.13. The Hall–Kier alpha value is -0.510. The van der Waals surface area contributed by atoms with Gasteiger partial charge in [-0.2, -0.15) is 5.10 Å². The van der Waals surface area contributed by atoms with Gasteiger partial charge in [-0.3, -0.25) is 4.68 Å². The fourth-order valence-corrected chi connectivity index (χ4v) is 2.27. The van der Waals surface area contributed by atoms with Crippen molar-refractivity contribution in [2.45, 2.75) is 6.92 Å². The van der Waals surface area contributed by atoms with Gasteiger partial charge in [0.25, 0.3) is 0 Å². The van der Waals surface area contributed by atoms with Gasteiger partial charge in [0.05, 0.1) is 14.5 Å². The molecule has 0 amide bonds. The maximum Gasteiger partial charge on any atom is 0.107 e. The van der Waals surface area contributed by atoms with E-state index in [1.165, 1.54) is 0 Å². The quantitative estimate of drug-likeness (QED) is 0.758. The molecule has 0 unspecified atom stereocenters. The van der Waals surface area contributed by atoms with E-state index >= 15 is 0 Å². The lowest BCUT2D eigenvalue weighted by atomic mass is 10.1. The van der Waals surface area contributed by atoms with Crippen LogP contribution in [0, 0.1) is 6.92 Å². The Labute approximate surface area is 112 Å². The monoisotopic (exact) mass is 318 g/mol. The normalized spacial score (nSPS) is 10.8. The zero-order valence-corrected chi connectivity index (χ0v) is 11.9. The summed E-state index contributed by atoms with van der Waals surface area (Å²) in [7, 11) is 1.90. The molecule has 0 N–H and O–H groups in total. The Morgan fingerprint density at radius 1 is 1.25 bits per heavy atom. The average Bonchev–Trinajstić information content (AvgIpc) is 2.50. The minimum absolute atomic E-state index is 0.536. The van der Waals surface area contributed by atoms with Gasteiger partial charge in [0.2, 0.25) is 0 Å². The molecule has 1 aromatic carbocycles. The molecule has 0 radical (unpaired) electrons. The van der Waals surface area contributed by atoms with Crippen LogP contribution >= 0.6 is 39.1 Å². The second-order valence-corrected chi connectivity index (χ2v) is 5.11. The Morgan fingerprint density at radius 3 is 2.44 bits per heavy atom. The summed E-state index contributed by atoms with van der Waals surface area (Å²) in [5.41, 5.74) is 2.89. The zero-order valence-electron chi connectivity index (χ0n) is 8.76. The molecule has 0 saturated heterocycles. The van der Waals surface area contributed by atoms with E-state index in [9.17, 15) is 0 Å². The summed E-state index contributed by atoms with van der Waals surface area (Å²) in [6, 6.07) is 5.49. The molecule has 2 aromatic rings. The lowest BCUT2D eigenvalue weighted by Gasteiger charge is -2.00. The molecule has 2 nitrogen and oxygen atoms in total. The van der Waals surface area contributed by atoms with E-state index in [1.807, 2.05) is 30.8 Å². The van der Waals surface area contributed by atoms with Crippen LogP contribution in [0.1, 0.15) is 5.69 Å². The van der Waals surface area contributed by atoms with Crippen LogP contribution < -0.4 is 0 Å². The fraction of sp³-hybridized carbons (Fsp3) is 0.182. The lowest BCUT2D eigenvalue weighted by Crippen LogP contribution is -1.92. The van der Waals surface area contributed by atoms with Crippen molar-refractivity contribution in [2.24, 2.45) is 7.05 Å². The van der Waals surface area contributed by atoms with Crippen LogP contribution in [0.25, 0.3) is 11.3 Å². The molecular weight excluding hydrogens is 311 g/mol. The third-order valence-electron chi connectivity index (χ3n) is 2.45. The van der Waals surface area contributed by atoms with Gasteiger partial charge in [0.1, 0.15) is 5.69 Å². The molecule has 0 spiro atoms. The highest BCUT2D eigenvalue weighted by atomic mass is 79.9. The van der Waals surface area contributed by atoms with Crippen LogP contribution in [0.2, 0.25) is 10.0 Å². The molecule has 16 heavy (non-hydrogen) atoms. The van der Waals surface area contributed by atoms with Gasteiger partial charge in [-0.1, -0.05) is 29.3 Å². The molecule has 0 aliphatic heterocycles. The van der Waals surface area contributed by atoms with Gasteiger partial charge in [0, 0.05) is 18.3 Å². The number of benzene rings is 1. The van der Waals surface area contributed by atoms with E-state index in [0.29, 0.717) is 10.0 Å². The van der Waals surface area contributed by atoms with E-state index < -0.39 is 0 Å². The first-order valence-corrected chi connectivity index (χ1v) is 6.20. The maximum absolute atomic E-state index is 5.98. The molecular formula is C11H9BrCl2N2. The summed E-state index contributed by atoms with van der Waals surface area (Å²) >= 11 is 15.4. The molecule has 0 atom stereocenters. The first-order valence-electron chi connectivity index (χ1n) is 4.65. The SMILES string of the molecule is Cc1c(Br)c(-c2ccc(Cl)c(Cl)c2)nn1C. The Morgan fingerprint density at radius 2 is 1.94 bits per heavy atom.